The van der Waals surface area contributed by atoms with Crippen LogP contribution in [0.25, 0.3) is 28.1 Å². The number of pyridine rings is 1. The first-order valence-corrected chi connectivity index (χ1v) is 7.41. The van der Waals surface area contributed by atoms with Gasteiger partial charge in [-0.2, -0.15) is 0 Å². The summed E-state index contributed by atoms with van der Waals surface area (Å²) in [4.78, 5) is 17.1. The second-order valence-corrected chi connectivity index (χ2v) is 5.42. The van der Waals surface area contributed by atoms with Crippen LogP contribution in [0.5, 0.6) is 0 Å². The van der Waals surface area contributed by atoms with Crippen molar-refractivity contribution in [2.24, 2.45) is 0 Å². The van der Waals surface area contributed by atoms with Gasteiger partial charge in [-0.3, -0.25) is 0 Å². The number of aromatic amines is 1. The lowest BCUT2D eigenvalue weighted by Gasteiger charge is -2.14. The Hall–Kier alpha value is -2.69. The third-order valence-electron chi connectivity index (χ3n) is 3.77. The molecule has 4 heterocycles. The van der Waals surface area contributed by atoms with Gasteiger partial charge in [0.25, 0.3) is 0 Å². The Morgan fingerprint density at radius 2 is 2.09 bits per heavy atom. The fourth-order valence-corrected chi connectivity index (χ4v) is 2.71. The number of aryl methyl sites for hydroxylation is 1. The molecule has 5 heteroatoms. The van der Waals surface area contributed by atoms with Crippen LogP contribution in [0.15, 0.2) is 36.7 Å². The topological polar surface area (TPSA) is 63.7 Å². The number of hydrogen-bond acceptors (Lipinski definition) is 4. The van der Waals surface area contributed by atoms with Crippen LogP contribution in [-0.2, 0) is 4.74 Å². The van der Waals surface area contributed by atoms with Crippen molar-refractivity contribution in [3.05, 3.63) is 48.1 Å². The van der Waals surface area contributed by atoms with Crippen LogP contribution in [-0.4, -0.2) is 26.5 Å². The van der Waals surface area contributed by atoms with E-state index in [2.05, 4.69) is 15.0 Å². The van der Waals surface area contributed by atoms with E-state index in [9.17, 15) is 0 Å². The molecule has 0 saturated carbocycles. The molecular weight excluding hydrogens is 276 g/mol. The van der Waals surface area contributed by atoms with Crippen molar-refractivity contribution in [2.45, 2.75) is 19.8 Å². The van der Waals surface area contributed by atoms with Gasteiger partial charge in [0.2, 0.25) is 0 Å². The standard InChI is InChI=1S/C17H16N4O/c1-11-4-2-6-14(19-11)17-20-15(12-5-3-9-22-10-12)13-7-8-18-16(13)21-17/h2,4,6-8,10H,3,5,9H2,1H3,(H,18,20,21). The first-order chi connectivity index (χ1) is 10.8. The lowest BCUT2D eigenvalue weighted by Crippen LogP contribution is -2.03. The van der Waals surface area contributed by atoms with Crippen molar-refractivity contribution in [2.75, 3.05) is 6.61 Å². The molecule has 0 saturated heterocycles. The highest BCUT2D eigenvalue weighted by Gasteiger charge is 2.16. The second-order valence-electron chi connectivity index (χ2n) is 5.42. The molecule has 0 aliphatic carbocycles. The smallest absolute Gasteiger partial charge is 0.180 e. The van der Waals surface area contributed by atoms with Gasteiger partial charge in [0.15, 0.2) is 5.82 Å². The van der Waals surface area contributed by atoms with E-state index in [0.717, 1.165) is 53.1 Å². The average Bonchev–Trinajstić information content (AvgIpc) is 3.03. The van der Waals surface area contributed by atoms with Gasteiger partial charge in [-0.15, -0.1) is 0 Å². The highest BCUT2D eigenvalue weighted by atomic mass is 16.5. The monoisotopic (exact) mass is 292 g/mol. The van der Waals surface area contributed by atoms with Crippen LogP contribution in [0.3, 0.4) is 0 Å². The molecule has 22 heavy (non-hydrogen) atoms. The molecule has 3 aromatic rings. The maximum absolute atomic E-state index is 5.48. The van der Waals surface area contributed by atoms with Crippen molar-refractivity contribution < 1.29 is 4.74 Å². The number of nitrogens with zero attached hydrogens (tertiary/aromatic N) is 3. The summed E-state index contributed by atoms with van der Waals surface area (Å²) in [6.45, 7) is 2.74. The van der Waals surface area contributed by atoms with Crippen molar-refractivity contribution in [3.63, 3.8) is 0 Å². The Labute approximate surface area is 128 Å². The van der Waals surface area contributed by atoms with E-state index in [-0.39, 0.29) is 0 Å². The third kappa shape index (κ3) is 2.24. The predicted octanol–water partition coefficient (Wildman–Crippen LogP) is 3.48. The number of fused-ring (bicyclic) bond motifs is 1. The lowest BCUT2D eigenvalue weighted by molar-refractivity contribution is 0.235. The summed E-state index contributed by atoms with van der Waals surface area (Å²) in [5.74, 6) is 0.639. The van der Waals surface area contributed by atoms with Gasteiger partial charge in [0, 0.05) is 22.9 Å². The van der Waals surface area contributed by atoms with Gasteiger partial charge >= 0.3 is 0 Å². The van der Waals surface area contributed by atoms with Gasteiger partial charge in [0.05, 0.1) is 18.6 Å². The Morgan fingerprint density at radius 3 is 2.91 bits per heavy atom. The molecule has 0 fully saturated rings. The van der Waals surface area contributed by atoms with Crippen molar-refractivity contribution >= 4 is 16.6 Å². The minimum absolute atomic E-state index is 0.639. The molecule has 0 radical (unpaired) electrons. The van der Waals surface area contributed by atoms with Crippen LogP contribution in [0, 0.1) is 6.92 Å². The summed E-state index contributed by atoms with van der Waals surface area (Å²) in [5.41, 5.74) is 4.62. The molecule has 1 aliphatic heterocycles. The number of ether oxygens (including phenoxy) is 1. The van der Waals surface area contributed by atoms with Crippen molar-refractivity contribution in [1.29, 1.82) is 0 Å². The zero-order valence-corrected chi connectivity index (χ0v) is 12.3. The Morgan fingerprint density at radius 1 is 1.14 bits per heavy atom. The molecule has 0 atom stereocenters. The van der Waals surface area contributed by atoms with Crippen LogP contribution < -0.4 is 0 Å². The molecule has 0 unspecified atom stereocenters. The third-order valence-corrected chi connectivity index (χ3v) is 3.77. The van der Waals surface area contributed by atoms with Gasteiger partial charge < -0.3 is 9.72 Å². The lowest BCUT2D eigenvalue weighted by atomic mass is 10.0. The Balaban J connectivity index is 1.92. The summed E-state index contributed by atoms with van der Waals surface area (Å²) in [5, 5.41) is 1.02. The molecule has 0 amide bonds. The minimum Gasteiger partial charge on any atom is -0.501 e. The van der Waals surface area contributed by atoms with E-state index in [4.69, 9.17) is 9.72 Å². The summed E-state index contributed by atoms with van der Waals surface area (Å²) in [6, 6.07) is 7.89. The average molecular weight is 292 g/mol. The highest BCUT2D eigenvalue weighted by Crippen LogP contribution is 2.29. The number of aromatic nitrogens is 4. The zero-order valence-electron chi connectivity index (χ0n) is 12.3. The SMILES string of the molecule is Cc1cccc(-c2nc(C3=COCCC3)c3cc[nH]c3n2)n1. The summed E-state index contributed by atoms with van der Waals surface area (Å²) in [6.07, 6.45) is 5.70. The van der Waals surface area contributed by atoms with Gasteiger partial charge in [-0.25, -0.2) is 15.0 Å². The molecule has 4 rings (SSSR count). The number of allylic oxidation sites excluding steroid dienone is 1. The van der Waals surface area contributed by atoms with Gasteiger partial charge in [-0.05, 0) is 38.0 Å². The van der Waals surface area contributed by atoms with Crippen LogP contribution >= 0.6 is 0 Å². The van der Waals surface area contributed by atoms with Crippen LogP contribution in [0.2, 0.25) is 0 Å². The number of nitrogens with one attached hydrogen (secondary N) is 1. The quantitative estimate of drug-likeness (QED) is 0.785. The maximum atomic E-state index is 5.48. The normalized spacial score (nSPS) is 14.7. The van der Waals surface area contributed by atoms with E-state index in [1.165, 1.54) is 0 Å². The van der Waals surface area contributed by atoms with Crippen LogP contribution in [0.1, 0.15) is 24.2 Å². The number of rotatable bonds is 2. The Kier molecular flexibility index (Phi) is 3.11. The predicted molar refractivity (Wildman–Crippen MR) is 85.0 cm³/mol. The molecule has 1 N–H and O–H groups in total. The van der Waals surface area contributed by atoms with E-state index in [1.54, 1.807) is 0 Å². The number of H-pyrrole nitrogens is 1. The van der Waals surface area contributed by atoms with E-state index < -0.39 is 0 Å². The van der Waals surface area contributed by atoms with Gasteiger partial charge in [0.1, 0.15) is 11.3 Å². The van der Waals surface area contributed by atoms with E-state index in [1.807, 2.05) is 43.6 Å². The minimum atomic E-state index is 0.639. The number of hydrogen-bond donors (Lipinski definition) is 1. The van der Waals surface area contributed by atoms with Crippen molar-refractivity contribution in [1.82, 2.24) is 19.9 Å². The fourth-order valence-electron chi connectivity index (χ4n) is 2.71. The van der Waals surface area contributed by atoms with E-state index in [0.29, 0.717) is 5.82 Å². The first kappa shape index (κ1) is 13.0. The molecule has 0 spiro atoms. The first-order valence-electron chi connectivity index (χ1n) is 7.41. The van der Waals surface area contributed by atoms with E-state index >= 15 is 0 Å². The largest absolute Gasteiger partial charge is 0.501 e. The molecule has 0 bridgehead atoms. The van der Waals surface area contributed by atoms with Crippen LogP contribution in [0.4, 0.5) is 0 Å². The summed E-state index contributed by atoms with van der Waals surface area (Å²) in [7, 11) is 0. The molecular formula is C17H16N4O. The zero-order chi connectivity index (χ0) is 14.9. The molecule has 110 valence electrons. The van der Waals surface area contributed by atoms with Crippen molar-refractivity contribution in [3.8, 4) is 11.5 Å². The summed E-state index contributed by atoms with van der Waals surface area (Å²) < 4.78 is 5.48. The molecule has 3 aromatic heterocycles. The second kappa shape index (κ2) is 5.26. The fraction of sp³-hybridized carbons (Fsp3) is 0.235. The summed E-state index contributed by atoms with van der Waals surface area (Å²) >= 11 is 0. The Bertz CT molecular complexity index is 866. The molecule has 1 aliphatic rings. The highest BCUT2D eigenvalue weighted by molar-refractivity contribution is 5.89. The molecule has 0 aromatic carbocycles. The maximum Gasteiger partial charge on any atom is 0.180 e. The molecule has 5 nitrogen and oxygen atoms in total. The van der Waals surface area contributed by atoms with Gasteiger partial charge in [-0.1, -0.05) is 6.07 Å².